The molecule has 0 bridgehead atoms. The quantitative estimate of drug-likeness (QED) is 0.537. The van der Waals surface area contributed by atoms with Gasteiger partial charge in [0.1, 0.15) is 0 Å². The molecule has 0 rings (SSSR count). The van der Waals surface area contributed by atoms with E-state index in [-0.39, 0.29) is 12.0 Å². The molecule has 0 aliphatic rings. The fraction of sp³-hybridized carbons (Fsp3) is 1.00. The van der Waals surface area contributed by atoms with Gasteiger partial charge in [0.25, 0.3) is 0 Å². The second kappa shape index (κ2) is 7.73. The molecule has 0 aliphatic heterocycles. The summed E-state index contributed by atoms with van der Waals surface area (Å²) in [6, 6.07) is 0. The van der Waals surface area contributed by atoms with Gasteiger partial charge in [-0.25, -0.2) is 13.6 Å². The largest absolute Gasteiger partial charge is 0.396 e. The molecule has 0 radical (unpaired) electrons. The molecule has 1 atom stereocenters. The van der Waals surface area contributed by atoms with Crippen molar-refractivity contribution in [1.82, 2.24) is 0 Å². The summed E-state index contributed by atoms with van der Waals surface area (Å²) >= 11 is 0. The van der Waals surface area contributed by atoms with Crippen molar-refractivity contribution in [1.29, 1.82) is 0 Å². The molecule has 122 valence electrons. The van der Waals surface area contributed by atoms with Crippen LogP contribution in [-0.4, -0.2) is 30.7 Å². The molecule has 20 heavy (non-hydrogen) atoms. The van der Waals surface area contributed by atoms with Crippen LogP contribution in [0.15, 0.2) is 0 Å². The maximum atomic E-state index is 11.2. The molecule has 5 nitrogen and oxygen atoms in total. The third-order valence-corrected chi connectivity index (χ3v) is 5.09. The van der Waals surface area contributed by atoms with Gasteiger partial charge < -0.3 is 10.2 Å². The van der Waals surface area contributed by atoms with E-state index in [2.05, 4.69) is 0 Å². The topological polar surface area (TPSA) is 101 Å². The zero-order valence-corrected chi connectivity index (χ0v) is 14.0. The van der Waals surface area contributed by atoms with Crippen LogP contribution >= 0.6 is 0 Å². The minimum Gasteiger partial charge on any atom is -0.396 e. The van der Waals surface area contributed by atoms with Gasteiger partial charge in [-0.05, 0) is 18.3 Å². The number of sulfonamides is 1. The molecule has 1 unspecified atom stereocenters. The first-order valence-electron chi connectivity index (χ1n) is 7.23. The molecule has 0 aromatic rings. The van der Waals surface area contributed by atoms with Crippen molar-refractivity contribution in [3.05, 3.63) is 0 Å². The van der Waals surface area contributed by atoms with E-state index in [1.807, 2.05) is 13.8 Å². The summed E-state index contributed by atoms with van der Waals surface area (Å²) in [6.07, 6.45) is 5.54. The Hall–Kier alpha value is -0.170. The van der Waals surface area contributed by atoms with Crippen LogP contribution in [-0.2, 0) is 10.0 Å². The van der Waals surface area contributed by atoms with Crippen LogP contribution in [0.3, 0.4) is 0 Å². The van der Waals surface area contributed by atoms with Crippen molar-refractivity contribution in [2.24, 2.45) is 16.0 Å². The Morgan fingerprint density at radius 2 is 1.45 bits per heavy atom. The van der Waals surface area contributed by atoms with E-state index >= 15 is 0 Å². The van der Waals surface area contributed by atoms with E-state index in [4.69, 9.17) is 10.2 Å². The van der Waals surface area contributed by atoms with Gasteiger partial charge in [-0.1, -0.05) is 53.4 Å². The molecular weight excluding hydrogens is 278 g/mol. The Kier molecular flexibility index (Phi) is 7.66. The fourth-order valence-corrected chi connectivity index (χ4v) is 3.19. The maximum absolute atomic E-state index is 11.2. The normalized spacial score (nSPS) is 15.3. The van der Waals surface area contributed by atoms with Crippen LogP contribution in [0.4, 0.5) is 0 Å². The first kappa shape index (κ1) is 19.8. The van der Waals surface area contributed by atoms with Crippen LogP contribution in [0.5, 0.6) is 0 Å². The van der Waals surface area contributed by atoms with E-state index < -0.39 is 20.9 Å². The molecule has 0 amide bonds. The van der Waals surface area contributed by atoms with Crippen LogP contribution < -0.4 is 5.14 Å². The standard InChI is InChI=1S/C14H31NO4S/c1-13(2,11-16)9-7-5-6-8-10-14(3,4)12(17)20(15,18)19/h12,16-17H,5-11H2,1-4H3,(H2,15,18,19). The smallest absolute Gasteiger partial charge is 0.236 e. The number of aliphatic hydroxyl groups is 2. The maximum Gasteiger partial charge on any atom is 0.236 e. The van der Waals surface area contributed by atoms with Crippen molar-refractivity contribution in [3.8, 4) is 0 Å². The lowest BCUT2D eigenvalue weighted by atomic mass is 9.85. The van der Waals surface area contributed by atoms with E-state index in [9.17, 15) is 13.5 Å². The summed E-state index contributed by atoms with van der Waals surface area (Å²) in [5.41, 5.74) is -2.26. The minimum atomic E-state index is -3.90. The van der Waals surface area contributed by atoms with Gasteiger partial charge in [-0.15, -0.1) is 0 Å². The number of aliphatic hydroxyl groups excluding tert-OH is 2. The van der Waals surface area contributed by atoms with Crippen molar-refractivity contribution < 1.29 is 18.6 Å². The van der Waals surface area contributed by atoms with Gasteiger partial charge in [-0.2, -0.15) is 0 Å². The fourth-order valence-electron chi connectivity index (χ4n) is 2.18. The highest BCUT2D eigenvalue weighted by Gasteiger charge is 2.35. The number of hydrogen-bond donors (Lipinski definition) is 3. The lowest BCUT2D eigenvalue weighted by Gasteiger charge is -2.28. The summed E-state index contributed by atoms with van der Waals surface area (Å²) in [5, 5.41) is 23.8. The Morgan fingerprint density at radius 3 is 1.85 bits per heavy atom. The Morgan fingerprint density at radius 1 is 1.00 bits per heavy atom. The SMILES string of the molecule is CC(C)(CO)CCCCCCC(C)(C)C(O)S(N)(=O)=O. The van der Waals surface area contributed by atoms with E-state index in [1.165, 1.54) is 0 Å². The molecule has 4 N–H and O–H groups in total. The molecule has 0 saturated carbocycles. The summed E-state index contributed by atoms with van der Waals surface area (Å²) in [7, 11) is -3.90. The number of nitrogens with two attached hydrogens (primary N) is 1. The second-order valence-electron chi connectivity index (χ2n) is 7.17. The lowest BCUT2D eigenvalue weighted by Crippen LogP contribution is -2.40. The highest BCUT2D eigenvalue weighted by Crippen LogP contribution is 2.30. The number of unbranched alkanes of at least 4 members (excludes halogenated alkanes) is 3. The van der Waals surface area contributed by atoms with Gasteiger partial charge in [0.15, 0.2) is 5.44 Å². The van der Waals surface area contributed by atoms with E-state index in [0.29, 0.717) is 6.42 Å². The predicted molar refractivity (Wildman–Crippen MR) is 81.5 cm³/mol. The van der Waals surface area contributed by atoms with Gasteiger partial charge in [0.05, 0.1) is 0 Å². The molecule has 0 aromatic carbocycles. The Bertz CT molecular complexity index is 377. The first-order chi connectivity index (χ1) is 8.92. The molecule has 0 spiro atoms. The monoisotopic (exact) mass is 309 g/mol. The summed E-state index contributed by atoms with van der Waals surface area (Å²) in [5.74, 6) is 0. The molecule has 0 saturated heterocycles. The molecular formula is C14H31NO4S. The summed E-state index contributed by atoms with van der Waals surface area (Å²) < 4.78 is 22.3. The molecule has 6 heteroatoms. The van der Waals surface area contributed by atoms with E-state index in [1.54, 1.807) is 13.8 Å². The third-order valence-electron chi connectivity index (χ3n) is 3.83. The number of rotatable bonds is 10. The van der Waals surface area contributed by atoms with Gasteiger partial charge in [0, 0.05) is 12.0 Å². The zero-order valence-electron chi connectivity index (χ0n) is 13.2. The highest BCUT2D eigenvalue weighted by atomic mass is 32.2. The van der Waals surface area contributed by atoms with Gasteiger partial charge in [-0.3, -0.25) is 0 Å². The highest BCUT2D eigenvalue weighted by molar-refractivity contribution is 7.89. The average Bonchev–Trinajstić information content (AvgIpc) is 2.31. The third kappa shape index (κ3) is 7.57. The predicted octanol–water partition coefficient (Wildman–Crippen LogP) is 1.98. The second-order valence-corrected chi connectivity index (χ2v) is 8.79. The molecule has 0 fully saturated rings. The van der Waals surface area contributed by atoms with Crippen LogP contribution in [0.1, 0.15) is 66.2 Å². The van der Waals surface area contributed by atoms with Crippen LogP contribution in [0.2, 0.25) is 0 Å². The van der Waals surface area contributed by atoms with E-state index in [0.717, 1.165) is 32.1 Å². The molecule has 0 aromatic heterocycles. The zero-order chi connectivity index (χ0) is 16.0. The number of primary sulfonamides is 1. The first-order valence-corrected chi connectivity index (χ1v) is 8.84. The van der Waals surface area contributed by atoms with Crippen LogP contribution in [0, 0.1) is 10.8 Å². The van der Waals surface area contributed by atoms with Crippen molar-refractivity contribution in [2.75, 3.05) is 6.61 Å². The van der Waals surface area contributed by atoms with Crippen molar-refractivity contribution >= 4 is 10.0 Å². The minimum absolute atomic E-state index is 0.0247. The number of hydrogen-bond acceptors (Lipinski definition) is 4. The van der Waals surface area contributed by atoms with Gasteiger partial charge in [0.2, 0.25) is 10.0 Å². The molecule has 0 heterocycles. The van der Waals surface area contributed by atoms with Crippen molar-refractivity contribution in [2.45, 2.75) is 71.7 Å². The Labute approximate surface area is 123 Å². The summed E-state index contributed by atoms with van der Waals surface area (Å²) in [4.78, 5) is 0. The molecule has 0 aliphatic carbocycles. The lowest BCUT2D eigenvalue weighted by molar-refractivity contribution is 0.106. The van der Waals surface area contributed by atoms with Crippen molar-refractivity contribution in [3.63, 3.8) is 0 Å². The van der Waals surface area contributed by atoms with Crippen LogP contribution in [0.25, 0.3) is 0 Å². The van der Waals surface area contributed by atoms with Gasteiger partial charge >= 0.3 is 0 Å². The summed E-state index contributed by atoms with van der Waals surface area (Å²) in [6.45, 7) is 7.71. The Balaban J connectivity index is 3.96. The average molecular weight is 309 g/mol.